The molecule has 2 heterocycles. The maximum absolute atomic E-state index is 13.3. The number of benzene rings is 2. The van der Waals surface area contributed by atoms with Gasteiger partial charge in [0, 0.05) is 30.9 Å². The van der Waals surface area contributed by atoms with Gasteiger partial charge >= 0.3 is 0 Å². The Labute approximate surface area is 174 Å². The molecule has 8 heteroatoms. The minimum Gasteiger partial charge on any atom is -0.508 e. The molecule has 2 aromatic carbocycles. The number of nitrogens with one attached hydrogen (secondary N) is 1. The van der Waals surface area contributed by atoms with Gasteiger partial charge in [0.2, 0.25) is 0 Å². The number of phenols is 1. The van der Waals surface area contributed by atoms with E-state index in [1.165, 1.54) is 14.2 Å². The first-order chi connectivity index (χ1) is 14.6. The molecule has 3 aromatic rings. The molecule has 0 aliphatic carbocycles. The number of carbonyl (C=O) groups excluding carboxylic acids is 1. The predicted octanol–water partition coefficient (Wildman–Crippen LogP) is 2.96. The Bertz CT molecular complexity index is 1040. The summed E-state index contributed by atoms with van der Waals surface area (Å²) in [4.78, 5) is 15.0. The van der Waals surface area contributed by atoms with Gasteiger partial charge < -0.3 is 24.2 Å². The van der Waals surface area contributed by atoms with Crippen LogP contribution in [0.5, 0.6) is 11.5 Å². The number of hydrogen-bond acceptors (Lipinski definition) is 6. The van der Waals surface area contributed by atoms with Crippen molar-refractivity contribution in [2.75, 3.05) is 27.9 Å². The Kier molecular flexibility index (Phi) is 5.43. The normalized spacial score (nSPS) is 15.7. The van der Waals surface area contributed by atoms with Crippen LogP contribution in [0.2, 0.25) is 0 Å². The number of carbonyl (C=O) groups is 1. The first-order valence-corrected chi connectivity index (χ1v) is 9.46. The molecule has 1 atom stereocenters. The lowest BCUT2D eigenvalue weighted by molar-refractivity contribution is -0.113. The number of aromatic nitrogens is 2. The van der Waals surface area contributed by atoms with E-state index in [0.29, 0.717) is 17.1 Å². The summed E-state index contributed by atoms with van der Waals surface area (Å²) >= 11 is 0. The zero-order chi connectivity index (χ0) is 21.3. The van der Waals surface area contributed by atoms with Gasteiger partial charge in [-0.2, -0.15) is 5.10 Å². The van der Waals surface area contributed by atoms with Gasteiger partial charge in [-0.15, -0.1) is 0 Å². The van der Waals surface area contributed by atoms with Crippen LogP contribution in [0.3, 0.4) is 0 Å². The third-order valence-corrected chi connectivity index (χ3v) is 5.31. The second-order valence-corrected chi connectivity index (χ2v) is 6.91. The van der Waals surface area contributed by atoms with Gasteiger partial charge in [0.25, 0.3) is 5.91 Å². The molecule has 0 radical (unpaired) electrons. The van der Waals surface area contributed by atoms with Crippen molar-refractivity contribution in [3.05, 3.63) is 65.4 Å². The summed E-state index contributed by atoms with van der Waals surface area (Å²) in [5.74, 6) is 0.628. The Morgan fingerprint density at radius 1 is 1.10 bits per heavy atom. The lowest BCUT2D eigenvalue weighted by atomic mass is 9.95. The average Bonchev–Trinajstić information content (AvgIpc) is 3.31. The predicted molar refractivity (Wildman–Crippen MR) is 109 cm³/mol. The zero-order valence-corrected chi connectivity index (χ0v) is 17.0. The van der Waals surface area contributed by atoms with Gasteiger partial charge in [-0.1, -0.05) is 18.2 Å². The van der Waals surface area contributed by atoms with Crippen LogP contribution in [-0.4, -0.2) is 60.3 Å². The highest BCUT2D eigenvalue weighted by molar-refractivity contribution is 6.00. The molecular formula is C22H23N3O5. The summed E-state index contributed by atoms with van der Waals surface area (Å²) in [5, 5.41) is 17.0. The minimum atomic E-state index is -0.583. The van der Waals surface area contributed by atoms with Crippen molar-refractivity contribution >= 4 is 5.91 Å². The molecule has 1 unspecified atom stereocenters. The van der Waals surface area contributed by atoms with Crippen molar-refractivity contribution < 1.29 is 24.1 Å². The summed E-state index contributed by atoms with van der Waals surface area (Å²) in [6.07, 6.45) is -0.583. The van der Waals surface area contributed by atoms with Crippen LogP contribution in [0, 0.1) is 0 Å². The zero-order valence-electron chi connectivity index (χ0n) is 17.0. The lowest BCUT2D eigenvalue weighted by Crippen LogP contribution is -2.38. The largest absolute Gasteiger partial charge is 0.508 e. The molecule has 0 spiro atoms. The molecule has 1 aliphatic heterocycles. The molecule has 4 rings (SSSR count). The molecule has 1 aromatic heterocycles. The van der Waals surface area contributed by atoms with Crippen LogP contribution in [0.1, 0.15) is 27.7 Å². The fourth-order valence-electron chi connectivity index (χ4n) is 3.85. The fourth-order valence-corrected chi connectivity index (χ4v) is 3.85. The molecular weight excluding hydrogens is 386 g/mol. The Morgan fingerprint density at radius 2 is 1.80 bits per heavy atom. The molecule has 0 saturated heterocycles. The molecule has 156 valence electrons. The first-order valence-electron chi connectivity index (χ1n) is 9.46. The standard InChI is InChI=1S/C22H23N3O5/c1-28-16-7-5-4-6-15(16)21-18-19(13-8-10-14(26)11-9-13)23-24-20(18)22(27)25(21)12-17(29-2)30-3/h4-11,17,21,26H,12H2,1-3H3,(H,23,24). The molecule has 0 fully saturated rings. The van der Waals surface area contributed by atoms with E-state index in [1.807, 2.05) is 24.3 Å². The number of nitrogens with zero attached hydrogens (tertiary/aromatic N) is 2. The van der Waals surface area contributed by atoms with Crippen molar-refractivity contribution in [1.29, 1.82) is 0 Å². The number of H-pyrrole nitrogens is 1. The fraction of sp³-hybridized carbons (Fsp3) is 0.273. The number of amides is 1. The van der Waals surface area contributed by atoms with Gasteiger partial charge in [0.1, 0.15) is 17.2 Å². The van der Waals surface area contributed by atoms with Crippen LogP contribution >= 0.6 is 0 Å². The van der Waals surface area contributed by atoms with E-state index in [-0.39, 0.29) is 18.2 Å². The second-order valence-electron chi connectivity index (χ2n) is 6.91. The van der Waals surface area contributed by atoms with E-state index in [2.05, 4.69) is 10.2 Å². The van der Waals surface area contributed by atoms with Crippen molar-refractivity contribution in [2.24, 2.45) is 0 Å². The number of fused-ring (bicyclic) bond motifs is 1. The number of methoxy groups -OCH3 is 3. The highest BCUT2D eigenvalue weighted by Crippen LogP contribution is 2.45. The van der Waals surface area contributed by atoms with E-state index in [9.17, 15) is 9.90 Å². The van der Waals surface area contributed by atoms with E-state index in [4.69, 9.17) is 14.2 Å². The van der Waals surface area contributed by atoms with Crippen LogP contribution in [-0.2, 0) is 9.47 Å². The summed E-state index contributed by atoms with van der Waals surface area (Å²) in [6.45, 7) is 0.228. The number of aromatic amines is 1. The lowest BCUT2D eigenvalue weighted by Gasteiger charge is -2.29. The Hall–Kier alpha value is -3.36. The number of hydrogen-bond donors (Lipinski definition) is 2. The van der Waals surface area contributed by atoms with E-state index in [0.717, 1.165) is 16.7 Å². The van der Waals surface area contributed by atoms with E-state index >= 15 is 0 Å². The number of phenolic OH excluding ortho intramolecular Hbond substituents is 1. The molecule has 0 saturated carbocycles. The van der Waals surface area contributed by atoms with Gasteiger partial charge in [0.15, 0.2) is 6.29 Å². The molecule has 0 bridgehead atoms. The summed E-state index contributed by atoms with van der Waals surface area (Å²) in [5.41, 5.74) is 3.43. The highest BCUT2D eigenvalue weighted by atomic mass is 16.7. The van der Waals surface area contributed by atoms with Crippen molar-refractivity contribution in [3.63, 3.8) is 0 Å². The van der Waals surface area contributed by atoms with Gasteiger partial charge in [-0.25, -0.2) is 0 Å². The molecule has 1 amide bonds. The monoisotopic (exact) mass is 409 g/mol. The average molecular weight is 409 g/mol. The number of para-hydroxylation sites is 1. The second kappa shape index (κ2) is 8.17. The summed E-state index contributed by atoms with van der Waals surface area (Å²) < 4.78 is 16.3. The number of aromatic hydroxyl groups is 1. The summed E-state index contributed by atoms with van der Waals surface area (Å²) in [7, 11) is 4.68. The minimum absolute atomic E-state index is 0.160. The van der Waals surface area contributed by atoms with Crippen molar-refractivity contribution in [3.8, 4) is 22.8 Å². The maximum atomic E-state index is 13.3. The van der Waals surface area contributed by atoms with Gasteiger partial charge in [-0.3, -0.25) is 9.89 Å². The van der Waals surface area contributed by atoms with E-state index in [1.54, 1.807) is 36.3 Å². The topological polar surface area (TPSA) is 96.9 Å². The third-order valence-electron chi connectivity index (χ3n) is 5.31. The van der Waals surface area contributed by atoms with Crippen molar-refractivity contribution in [2.45, 2.75) is 12.3 Å². The smallest absolute Gasteiger partial charge is 0.273 e. The van der Waals surface area contributed by atoms with Crippen molar-refractivity contribution in [1.82, 2.24) is 15.1 Å². The maximum Gasteiger partial charge on any atom is 0.273 e. The number of rotatable bonds is 7. The summed E-state index contributed by atoms with van der Waals surface area (Å²) in [6, 6.07) is 13.9. The van der Waals surface area contributed by atoms with Gasteiger partial charge in [-0.05, 0) is 30.3 Å². The molecule has 1 aliphatic rings. The van der Waals surface area contributed by atoms with Crippen LogP contribution in [0.4, 0.5) is 0 Å². The highest BCUT2D eigenvalue weighted by Gasteiger charge is 2.44. The van der Waals surface area contributed by atoms with Crippen LogP contribution in [0.15, 0.2) is 48.5 Å². The molecule has 2 N–H and O–H groups in total. The quantitative estimate of drug-likeness (QED) is 0.583. The number of ether oxygens (including phenoxy) is 3. The van der Waals surface area contributed by atoms with E-state index < -0.39 is 12.3 Å². The third kappa shape index (κ3) is 3.30. The Morgan fingerprint density at radius 3 is 2.47 bits per heavy atom. The molecule has 8 nitrogen and oxygen atoms in total. The van der Waals surface area contributed by atoms with Crippen LogP contribution < -0.4 is 4.74 Å². The first kappa shape index (κ1) is 19.9. The van der Waals surface area contributed by atoms with Gasteiger partial charge in [0.05, 0.1) is 25.4 Å². The molecule has 30 heavy (non-hydrogen) atoms. The SMILES string of the molecule is COc1ccccc1C1c2c(-c3ccc(O)cc3)n[nH]c2C(=O)N1CC(OC)OC. The Balaban J connectivity index is 1.88. The van der Waals surface area contributed by atoms with Crippen LogP contribution in [0.25, 0.3) is 11.3 Å².